The zero-order chi connectivity index (χ0) is 23.4. The van der Waals surface area contributed by atoms with E-state index in [2.05, 4.69) is 17.2 Å². The van der Waals surface area contributed by atoms with Crippen LogP contribution in [-0.2, 0) is 29.2 Å². The molecule has 1 heterocycles. The summed E-state index contributed by atoms with van der Waals surface area (Å²) in [4.78, 5) is 50.9. The lowest BCUT2D eigenvalue weighted by molar-refractivity contribution is -0.143. The fourth-order valence-corrected chi connectivity index (χ4v) is 4.91. The number of hydrogen-bond acceptors (Lipinski definition) is 6. The quantitative estimate of drug-likeness (QED) is 0.307. The average Bonchev–Trinajstić information content (AvgIpc) is 3.42. The molecule has 4 amide bonds. The zero-order valence-electron chi connectivity index (χ0n) is 18.2. The van der Waals surface area contributed by atoms with E-state index in [1.165, 1.54) is 11.0 Å². The summed E-state index contributed by atoms with van der Waals surface area (Å²) in [5, 5.41) is 4.53. The molecular formula is C20H32N4O6S. The molecule has 0 bridgehead atoms. The first-order valence-corrected chi connectivity index (χ1v) is 11.9. The molecule has 1 saturated carbocycles. The lowest BCUT2D eigenvalue weighted by Crippen LogP contribution is -2.58. The van der Waals surface area contributed by atoms with Crippen LogP contribution < -0.4 is 15.4 Å². The molecule has 2 aliphatic rings. The van der Waals surface area contributed by atoms with Crippen molar-refractivity contribution in [1.29, 1.82) is 0 Å². The van der Waals surface area contributed by atoms with Crippen LogP contribution in [0.3, 0.4) is 0 Å². The van der Waals surface area contributed by atoms with Gasteiger partial charge in [-0.05, 0) is 37.5 Å². The Morgan fingerprint density at radius 3 is 2.35 bits per heavy atom. The van der Waals surface area contributed by atoms with Crippen molar-refractivity contribution in [2.24, 2.45) is 5.41 Å². The number of likely N-dealkylation sites (tertiary alicyclic amines) is 1. The molecular weight excluding hydrogens is 424 g/mol. The number of hydrogen-bond donors (Lipinski definition) is 3. The number of amides is 4. The maximum absolute atomic E-state index is 13.1. The monoisotopic (exact) mass is 456 g/mol. The molecule has 0 aromatic heterocycles. The van der Waals surface area contributed by atoms with Crippen LogP contribution in [0.2, 0.25) is 0 Å². The van der Waals surface area contributed by atoms with Crippen LogP contribution in [0, 0.1) is 5.41 Å². The SMILES string of the molecule is C=CCC(NC(=O)C1CCCN1C(=O)C(NC=O)C(C)(C)C)C(=O)NS(=O)(=O)C1CC1. The highest BCUT2D eigenvalue weighted by atomic mass is 32.2. The Balaban J connectivity index is 2.11. The summed E-state index contributed by atoms with van der Waals surface area (Å²) in [6, 6.07) is -2.75. The van der Waals surface area contributed by atoms with E-state index in [1.807, 2.05) is 25.5 Å². The molecule has 1 saturated heterocycles. The average molecular weight is 457 g/mol. The molecule has 1 aliphatic heterocycles. The fraction of sp³-hybridized carbons (Fsp3) is 0.700. The van der Waals surface area contributed by atoms with Gasteiger partial charge in [0, 0.05) is 6.54 Å². The lowest BCUT2D eigenvalue weighted by atomic mass is 9.85. The third-order valence-electron chi connectivity index (χ3n) is 5.43. The number of carbonyl (C=O) groups is 4. The van der Waals surface area contributed by atoms with Gasteiger partial charge in [-0.15, -0.1) is 6.58 Å². The smallest absolute Gasteiger partial charge is 0.256 e. The highest BCUT2D eigenvalue weighted by Gasteiger charge is 2.42. The van der Waals surface area contributed by atoms with E-state index in [0.717, 1.165) is 0 Å². The van der Waals surface area contributed by atoms with Gasteiger partial charge in [-0.3, -0.25) is 23.9 Å². The maximum atomic E-state index is 13.1. The molecule has 3 unspecified atom stereocenters. The molecule has 10 nitrogen and oxygen atoms in total. The summed E-state index contributed by atoms with van der Waals surface area (Å²) in [6.07, 6.45) is 3.91. The molecule has 11 heteroatoms. The second-order valence-corrected chi connectivity index (χ2v) is 11.0. The summed E-state index contributed by atoms with van der Waals surface area (Å²) in [5.74, 6) is -1.75. The van der Waals surface area contributed by atoms with Gasteiger partial charge in [0.05, 0.1) is 5.25 Å². The predicted molar refractivity (Wildman–Crippen MR) is 114 cm³/mol. The van der Waals surface area contributed by atoms with E-state index in [0.29, 0.717) is 38.6 Å². The molecule has 174 valence electrons. The second-order valence-electron chi connectivity index (χ2n) is 9.07. The number of nitrogens with one attached hydrogen (secondary N) is 3. The standard InChI is InChI=1S/C20H32N4O6S/c1-5-7-14(17(26)23-31(29,30)13-9-10-13)22-18(27)15-8-6-11-24(15)19(28)16(21-12-25)20(2,3)4/h5,12-16H,1,6-11H2,2-4H3,(H,21,25)(H,22,27)(H,23,26). The van der Waals surface area contributed by atoms with Gasteiger partial charge in [-0.25, -0.2) is 8.42 Å². The molecule has 2 rings (SSSR count). The molecule has 3 N–H and O–H groups in total. The summed E-state index contributed by atoms with van der Waals surface area (Å²) in [6.45, 7) is 9.33. The Hall–Kier alpha value is -2.43. The van der Waals surface area contributed by atoms with E-state index in [1.54, 1.807) is 0 Å². The van der Waals surface area contributed by atoms with E-state index in [-0.39, 0.29) is 12.3 Å². The zero-order valence-corrected chi connectivity index (χ0v) is 19.0. The Kier molecular flexibility index (Phi) is 7.85. The van der Waals surface area contributed by atoms with E-state index in [9.17, 15) is 27.6 Å². The predicted octanol–water partition coefficient (Wildman–Crippen LogP) is -0.193. The minimum absolute atomic E-state index is 0.0374. The van der Waals surface area contributed by atoms with E-state index >= 15 is 0 Å². The molecule has 0 spiro atoms. The van der Waals surface area contributed by atoms with Crippen LogP contribution in [-0.4, -0.2) is 67.4 Å². The normalized spacial score (nSPS) is 21.0. The van der Waals surface area contributed by atoms with Gasteiger partial charge in [-0.1, -0.05) is 26.8 Å². The van der Waals surface area contributed by atoms with Crippen LogP contribution in [0.4, 0.5) is 0 Å². The fourth-order valence-electron chi connectivity index (χ4n) is 3.57. The summed E-state index contributed by atoms with van der Waals surface area (Å²) in [5.41, 5.74) is -0.565. The van der Waals surface area contributed by atoms with Crippen molar-refractivity contribution in [3.63, 3.8) is 0 Å². The Bertz CT molecular complexity index is 831. The molecule has 0 radical (unpaired) electrons. The number of carbonyl (C=O) groups excluding carboxylic acids is 4. The van der Waals surface area contributed by atoms with Crippen LogP contribution in [0.1, 0.15) is 52.9 Å². The number of sulfonamides is 1. The number of rotatable bonds is 10. The van der Waals surface area contributed by atoms with Crippen LogP contribution in [0.25, 0.3) is 0 Å². The van der Waals surface area contributed by atoms with Crippen molar-refractivity contribution in [3.8, 4) is 0 Å². The lowest BCUT2D eigenvalue weighted by Gasteiger charge is -2.34. The van der Waals surface area contributed by atoms with Gasteiger partial charge in [0.25, 0.3) is 5.91 Å². The van der Waals surface area contributed by atoms with Gasteiger partial charge in [0.1, 0.15) is 18.1 Å². The molecule has 2 fully saturated rings. The summed E-state index contributed by atoms with van der Waals surface area (Å²) >= 11 is 0. The van der Waals surface area contributed by atoms with Gasteiger partial charge in [0.15, 0.2) is 0 Å². The first-order valence-electron chi connectivity index (χ1n) is 10.4. The Morgan fingerprint density at radius 1 is 1.19 bits per heavy atom. The minimum atomic E-state index is -3.75. The van der Waals surface area contributed by atoms with Crippen molar-refractivity contribution < 1.29 is 27.6 Å². The summed E-state index contributed by atoms with van der Waals surface area (Å²) in [7, 11) is -3.75. The van der Waals surface area contributed by atoms with Crippen LogP contribution >= 0.6 is 0 Å². The summed E-state index contributed by atoms with van der Waals surface area (Å²) < 4.78 is 26.2. The third kappa shape index (κ3) is 6.28. The highest BCUT2D eigenvalue weighted by Crippen LogP contribution is 2.28. The van der Waals surface area contributed by atoms with Crippen LogP contribution in [0.15, 0.2) is 12.7 Å². The van der Waals surface area contributed by atoms with Crippen molar-refractivity contribution in [2.75, 3.05) is 6.54 Å². The van der Waals surface area contributed by atoms with Crippen molar-refractivity contribution in [3.05, 3.63) is 12.7 Å². The molecule has 0 aromatic carbocycles. The van der Waals surface area contributed by atoms with Gasteiger partial charge in [-0.2, -0.15) is 0 Å². The first kappa shape index (κ1) is 24.8. The van der Waals surface area contributed by atoms with Crippen molar-refractivity contribution in [1.82, 2.24) is 20.3 Å². The van der Waals surface area contributed by atoms with Crippen molar-refractivity contribution >= 4 is 34.2 Å². The topological polar surface area (TPSA) is 142 Å². The largest absolute Gasteiger partial charge is 0.346 e. The second kappa shape index (κ2) is 9.80. The van der Waals surface area contributed by atoms with E-state index < -0.39 is 50.6 Å². The highest BCUT2D eigenvalue weighted by molar-refractivity contribution is 7.90. The van der Waals surface area contributed by atoms with Gasteiger partial charge in [0.2, 0.25) is 28.2 Å². The Labute approximate surface area is 183 Å². The minimum Gasteiger partial charge on any atom is -0.346 e. The van der Waals surface area contributed by atoms with Gasteiger partial charge < -0.3 is 15.5 Å². The van der Waals surface area contributed by atoms with Gasteiger partial charge >= 0.3 is 0 Å². The maximum Gasteiger partial charge on any atom is 0.256 e. The molecule has 0 aromatic rings. The van der Waals surface area contributed by atoms with Crippen molar-refractivity contribution in [2.45, 2.75) is 76.3 Å². The Morgan fingerprint density at radius 2 is 1.84 bits per heavy atom. The molecule has 1 aliphatic carbocycles. The molecule has 31 heavy (non-hydrogen) atoms. The molecule has 3 atom stereocenters. The van der Waals surface area contributed by atoms with E-state index in [4.69, 9.17) is 0 Å². The number of nitrogens with zero attached hydrogens (tertiary/aromatic N) is 1. The third-order valence-corrected chi connectivity index (χ3v) is 7.26. The van der Waals surface area contributed by atoms with Crippen LogP contribution in [0.5, 0.6) is 0 Å². The first-order chi connectivity index (χ1) is 14.4.